The van der Waals surface area contributed by atoms with E-state index in [0.29, 0.717) is 30.8 Å². The summed E-state index contributed by atoms with van der Waals surface area (Å²) in [7, 11) is 1.87. The minimum atomic E-state index is -1.16. The third kappa shape index (κ3) is 5.52. The van der Waals surface area contributed by atoms with Crippen molar-refractivity contribution in [3.8, 4) is 22.1 Å². The third-order valence-electron chi connectivity index (χ3n) is 6.85. The number of hydrogen-bond acceptors (Lipinski definition) is 7. The predicted molar refractivity (Wildman–Crippen MR) is 157 cm³/mol. The largest absolute Gasteiger partial charge is 0.453 e. The number of hydrogen-bond donors (Lipinski definition) is 3. The Hall–Kier alpha value is -4.67. The van der Waals surface area contributed by atoms with Gasteiger partial charge in [0.25, 0.3) is 0 Å². The van der Waals surface area contributed by atoms with Crippen LogP contribution in [0.4, 0.5) is 15.8 Å². The number of para-hydroxylation sites is 1. The van der Waals surface area contributed by atoms with Gasteiger partial charge in [0.15, 0.2) is 11.6 Å². The van der Waals surface area contributed by atoms with Crippen molar-refractivity contribution in [2.24, 2.45) is 5.41 Å². The molecule has 1 aliphatic carbocycles. The van der Waals surface area contributed by atoms with E-state index in [1.54, 1.807) is 42.6 Å². The summed E-state index contributed by atoms with van der Waals surface area (Å²) < 4.78 is 21.9. The first-order valence-corrected chi connectivity index (χ1v) is 13.9. The van der Waals surface area contributed by atoms with Crippen LogP contribution in [0.25, 0.3) is 20.8 Å². The summed E-state index contributed by atoms with van der Waals surface area (Å²) in [6, 6.07) is 22.6. The quantitative estimate of drug-likeness (QED) is 0.179. The summed E-state index contributed by atoms with van der Waals surface area (Å²) >= 11 is 1.47. The molecule has 10 heteroatoms. The average molecular weight is 568 g/mol. The Labute approximate surface area is 239 Å². The fourth-order valence-corrected chi connectivity index (χ4v) is 5.54. The van der Waals surface area contributed by atoms with E-state index < -0.39 is 17.1 Å². The first-order chi connectivity index (χ1) is 19.9. The fourth-order valence-electron chi connectivity index (χ4n) is 4.50. The lowest BCUT2D eigenvalue weighted by Gasteiger charge is -2.16. The molecular formula is C31H26FN5O3S. The molecule has 0 aliphatic heterocycles. The molecule has 5 aromatic rings. The molecule has 8 nitrogen and oxygen atoms in total. The van der Waals surface area contributed by atoms with Crippen LogP contribution < -0.4 is 20.7 Å². The number of pyridine rings is 2. The van der Waals surface area contributed by atoms with Gasteiger partial charge in [-0.15, -0.1) is 11.3 Å². The Kier molecular flexibility index (Phi) is 7.17. The highest BCUT2D eigenvalue weighted by molar-refractivity contribution is 7.22. The van der Waals surface area contributed by atoms with Crippen molar-refractivity contribution >= 4 is 44.7 Å². The van der Waals surface area contributed by atoms with Crippen molar-refractivity contribution in [2.75, 3.05) is 17.7 Å². The maximum Gasteiger partial charge on any atom is 0.240 e. The number of carbonyl (C=O) groups is 2. The zero-order valence-electron chi connectivity index (χ0n) is 22.1. The molecule has 1 saturated carbocycles. The summed E-state index contributed by atoms with van der Waals surface area (Å²) in [5.74, 6) is -1.02. The van der Waals surface area contributed by atoms with Crippen molar-refractivity contribution < 1.29 is 18.7 Å². The Morgan fingerprint density at radius 2 is 1.71 bits per heavy atom. The van der Waals surface area contributed by atoms with Gasteiger partial charge in [0.1, 0.15) is 11.2 Å². The van der Waals surface area contributed by atoms with E-state index in [2.05, 4.69) is 20.9 Å². The zero-order valence-corrected chi connectivity index (χ0v) is 22.9. The van der Waals surface area contributed by atoms with Crippen LogP contribution in [0.3, 0.4) is 0 Å². The molecule has 3 aromatic heterocycles. The molecule has 1 fully saturated rings. The van der Waals surface area contributed by atoms with Crippen molar-refractivity contribution in [3.63, 3.8) is 0 Å². The van der Waals surface area contributed by atoms with E-state index in [4.69, 9.17) is 9.72 Å². The lowest BCUT2D eigenvalue weighted by atomic mass is 10.0. The van der Waals surface area contributed by atoms with Crippen LogP contribution in [-0.2, 0) is 16.1 Å². The Balaban J connectivity index is 1.17. The van der Waals surface area contributed by atoms with Crippen LogP contribution >= 0.6 is 11.3 Å². The topological polar surface area (TPSA) is 105 Å². The van der Waals surface area contributed by atoms with Crippen molar-refractivity contribution in [1.29, 1.82) is 0 Å². The molecule has 0 spiro atoms. The summed E-state index contributed by atoms with van der Waals surface area (Å²) in [5, 5.41) is 8.58. The molecule has 3 heterocycles. The molecule has 41 heavy (non-hydrogen) atoms. The smallest absolute Gasteiger partial charge is 0.240 e. The number of rotatable bonds is 9. The van der Waals surface area contributed by atoms with E-state index in [1.165, 1.54) is 23.5 Å². The van der Waals surface area contributed by atoms with E-state index in [0.717, 1.165) is 26.5 Å². The van der Waals surface area contributed by atoms with Crippen molar-refractivity contribution in [1.82, 2.24) is 15.3 Å². The van der Waals surface area contributed by atoms with Crippen LogP contribution in [0.5, 0.6) is 11.5 Å². The van der Waals surface area contributed by atoms with Gasteiger partial charge in [-0.2, -0.15) is 0 Å². The highest BCUT2D eigenvalue weighted by Crippen LogP contribution is 2.47. The van der Waals surface area contributed by atoms with Crippen molar-refractivity contribution in [2.45, 2.75) is 19.4 Å². The van der Waals surface area contributed by atoms with Crippen LogP contribution in [0.1, 0.15) is 18.5 Å². The summed E-state index contributed by atoms with van der Waals surface area (Å²) in [6.45, 7) is 0.656. The molecule has 0 saturated heterocycles. The van der Waals surface area contributed by atoms with Crippen LogP contribution in [0.15, 0.2) is 85.1 Å². The fraction of sp³-hybridized carbons (Fsp3) is 0.161. The summed E-state index contributed by atoms with van der Waals surface area (Å²) in [4.78, 5) is 35.9. The molecule has 0 bridgehead atoms. The number of nitrogens with one attached hydrogen (secondary N) is 3. The molecule has 2 amide bonds. The third-order valence-corrected chi connectivity index (χ3v) is 8.01. The van der Waals surface area contributed by atoms with Gasteiger partial charge in [-0.3, -0.25) is 19.6 Å². The molecule has 0 radical (unpaired) electrons. The van der Waals surface area contributed by atoms with E-state index in [-0.39, 0.29) is 17.3 Å². The average Bonchev–Trinajstić information content (AvgIpc) is 3.68. The highest BCUT2D eigenvalue weighted by Gasteiger charge is 2.56. The van der Waals surface area contributed by atoms with Gasteiger partial charge in [0.2, 0.25) is 11.8 Å². The lowest BCUT2D eigenvalue weighted by molar-refractivity contribution is -0.131. The van der Waals surface area contributed by atoms with Crippen LogP contribution in [-0.4, -0.2) is 28.8 Å². The predicted octanol–water partition coefficient (Wildman–Crippen LogP) is 6.37. The normalized spacial score (nSPS) is 13.5. The van der Waals surface area contributed by atoms with Gasteiger partial charge in [-0.1, -0.05) is 24.3 Å². The Morgan fingerprint density at radius 1 is 0.927 bits per heavy atom. The molecule has 206 valence electrons. The van der Waals surface area contributed by atoms with Crippen molar-refractivity contribution in [3.05, 3.63) is 96.6 Å². The number of anilines is 2. The van der Waals surface area contributed by atoms with Crippen LogP contribution in [0.2, 0.25) is 0 Å². The lowest BCUT2D eigenvalue weighted by Crippen LogP contribution is -2.35. The molecule has 6 rings (SSSR count). The minimum absolute atomic E-state index is 0.00236. The Bertz CT molecular complexity index is 1750. The number of fused-ring (bicyclic) bond motifs is 1. The first kappa shape index (κ1) is 26.5. The van der Waals surface area contributed by atoms with Gasteiger partial charge in [0.05, 0.1) is 26.5 Å². The minimum Gasteiger partial charge on any atom is -0.453 e. The number of nitrogens with zero attached hydrogens (tertiary/aromatic N) is 2. The van der Waals surface area contributed by atoms with Gasteiger partial charge in [0, 0.05) is 36.2 Å². The highest BCUT2D eigenvalue weighted by atomic mass is 32.1. The second kappa shape index (κ2) is 11.1. The first-order valence-electron chi connectivity index (χ1n) is 13.1. The standard InChI is InChI=1S/C31H26FN5O3S/c1-33-18-21-8-5-9-23(35-21)27-17-24-28(41-27)26(12-15-34-24)40-25-11-10-20(16-22(25)32)37-30(39)31(13-14-31)29(38)36-19-6-3-2-4-7-19/h2-12,15-17,33H,13-14,18H2,1H3,(H,36,38)(H,37,39). The molecule has 0 unspecified atom stereocenters. The maximum atomic E-state index is 15.1. The van der Waals surface area contributed by atoms with Gasteiger partial charge < -0.3 is 20.7 Å². The number of amides is 2. The summed E-state index contributed by atoms with van der Waals surface area (Å²) in [6.07, 6.45) is 2.47. The van der Waals surface area contributed by atoms with Gasteiger partial charge >= 0.3 is 0 Å². The van der Waals surface area contributed by atoms with Gasteiger partial charge in [-0.25, -0.2) is 4.39 Å². The molecule has 0 atom stereocenters. The number of halogens is 1. The zero-order chi connectivity index (χ0) is 28.4. The number of benzene rings is 2. The number of thiophene rings is 1. The van der Waals surface area contributed by atoms with E-state index >= 15 is 4.39 Å². The molecule has 2 aromatic carbocycles. The Morgan fingerprint density at radius 3 is 2.44 bits per heavy atom. The number of aromatic nitrogens is 2. The SMILES string of the molecule is CNCc1cccc(-c2cc3nccc(Oc4ccc(NC(=O)C5(C(=O)Nc6ccccc6)CC5)cc4F)c3s2)n1. The van der Waals surface area contributed by atoms with Gasteiger partial charge in [-0.05, 0) is 62.4 Å². The second-order valence-corrected chi connectivity index (χ2v) is 10.8. The van der Waals surface area contributed by atoms with E-state index in [1.807, 2.05) is 37.4 Å². The molecule has 3 N–H and O–H groups in total. The maximum absolute atomic E-state index is 15.1. The number of ether oxygens (including phenoxy) is 1. The second-order valence-electron chi connectivity index (χ2n) is 9.78. The molecular weight excluding hydrogens is 541 g/mol. The number of carbonyl (C=O) groups excluding carboxylic acids is 2. The monoisotopic (exact) mass is 567 g/mol. The summed E-state index contributed by atoms with van der Waals surface area (Å²) in [5.41, 5.74) is 2.16. The van der Waals surface area contributed by atoms with E-state index in [9.17, 15) is 9.59 Å². The molecule has 1 aliphatic rings. The van der Waals surface area contributed by atoms with Crippen LogP contribution in [0, 0.1) is 11.2 Å².